The highest BCUT2D eigenvalue weighted by Crippen LogP contribution is 2.25. The number of amides is 2. The first-order chi connectivity index (χ1) is 12.0. The lowest BCUT2D eigenvalue weighted by molar-refractivity contribution is -0.126. The van der Waals surface area contributed by atoms with Gasteiger partial charge in [0.2, 0.25) is 11.8 Å². The molecule has 0 radical (unpaired) electrons. The summed E-state index contributed by atoms with van der Waals surface area (Å²) >= 11 is 0. The number of carbonyl (C=O) groups excluding carboxylic acids is 2. The molecule has 0 aliphatic rings. The van der Waals surface area contributed by atoms with E-state index in [4.69, 9.17) is 4.74 Å². The number of rotatable bonds is 7. The number of halogens is 1. The van der Waals surface area contributed by atoms with Crippen LogP contribution in [0, 0.1) is 12.7 Å². The molecule has 0 saturated carbocycles. The number of nitrogens with one attached hydrogen (secondary N) is 2. The Morgan fingerprint density at radius 3 is 2.60 bits per heavy atom. The largest absolute Gasteiger partial charge is 0.495 e. The molecule has 2 amide bonds. The molecule has 2 aromatic rings. The maximum Gasteiger partial charge on any atom is 0.233 e. The lowest BCUT2D eigenvalue weighted by Crippen LogP contribution is -2.29. The van der Waals surface area contributed by atoms with Crippen LogP contribution in [-0.2, 0) is 16.0 Å². The summed E-state index contributed by atoms with van der Waals surface area (Å²) in [5, 5.41) is 5.28. The Labute approximate surface area is 146 Å². The Kier molecular flexibility index (Phi) is 6.51. The molecule has 0 saturated heterocycles. The quantitative estimate of drug-likeness (QED) is 0.759. The van der Waals surface area contributed by atoms with Crippen LogP contribution in [0.15, 0.2) is 42.5 Å². The molecule has 2 rings (SSSR count). The smallest absolute Gasteiger partial charge is 0.233 e. The first-order valence-corrected chi connectivity index (χ1v) is 7.94. The first kappa shape index (κ1) is 18.4. The average Bonchev–Trinajstić information content (AvgIpc) is 2.56. The van der Waals surface area contributed by atoms with E-state index in [0.717, 1.165) is 5.56 Å². The second kappa shape index (κ2) is 8.82. The molecule has 0 aliphatic carbocycles. The molecular formula is C19H21FN2O3. The molecule has 0 fully saturated rings. The maximum atomic E-state index is 13.5. The van der Waals surface area contributed by atoms with Gasteiger partial charge in [0, 0.05) is 6.54 Å². The summed E-state index contributed by atoms with van der Waals surface area (Å²) in [6.07, 6.45) is 0.0557. The van der Waals surface area contributed by atoms with Gasteiger partial charge in [0.05, 0.1) is 12.8 Å². The second-order valence-electron chi connectivity index (χ2n) is 5.62. The molecule has 0 aromatic heterocycles. The van der Waals surface area contributed by atoms with Gasteiger partial charge in [-0.2, -0.15) is 0 Å². The molecule has 0 aliphatic heterocycles. The van der Waals surface area contributed by atoms with Gasteiger partial charge in [0.25, 0.3) is 0 Å². The molecule has 2 N–H and O–H groups in total. The first-order valence-electron chi connectivity index (χ1n) is 7.94. The van der Waals surface area contributed by atoms with E-state index in [-0.39, 0.29) is 18.8 Å². The van der Waals surface area contributed by atoms with Crippen LogP contribution in [0.5, 0.6) is 5.75 Å². The van der Waals surface area contributed by atoms with E-state index >= 15 is 0 Å². The third-order valence-electron chi connectivity index (χ3n) is 3.62. The van der Waals surface area contributed by atoms with Crippen molar-refractivity contribution in [1.82, 2.24) is 5.32 Å². The van der Waals surface area contributed by atoms with Gasteiger partial charge < -0.3 is 15.4 Å². The summed E-state index contributed by atoms with van der Waals surface area (Å²) in [6.45, 7) is 2.16. The number of hydrogen-bond acceptors (Lipinski definition) is 3. The van der Waals surface area contributed by atoms with Gasteiger partial charge in [-0.25, -0.2) is 4.39 Å². The van der Waals surface area contributed by atoms with Gasteiger partial charge in [-0.15, -0.1) is 0 Å². The van der Waals surface area contributed by atoms with Crippen molar-refractivity contribution in [1.29, 1.82) is 0 Å². The van der Waals surface area contributed by atoms with Crippen molar-refractivity contribution in [3.63, 3.8) is 0 Å². The van der Waals surface area contributed by atoms with Crippen LogP contribution in [0.4, 0.5) is 10.1 Å². The van der Waals surface area contributed by atoms with E-state index in [1.54, 1.807) is 30.3 Å². The Balaban J connectivity index is 1.81. The fourth-order valence-electron chi connectivity index (χ4n) is 2.36. The number of ether oxygens (including phenoxy) is 1. The molecule has 25 heavy (non-hydrogen) atoms. The number of carbonyl (C=O) groups is 2. The number of benzene rings is 2. The Morgan fingerprint density at radius 1 is 1.12 bits per heavy atom. The van der Waals surface area contributed by atoms with Crippen molar-refractivity contribution in [2.75, 3.05) is 19.0 Å². The topological polar surface area (TPSA) is 67.4 Å². The van der Waals surface area contributed by atoms with Crippen LogP contribution in [0.1, 0.15) is 17.5 Å². The minimum Gasteiger partial charge on any atom is -0.495 e. The molecule has 0 spiro atoms. The lowest BCUT2D eigenvalue weighted by Gasteiger charge is -2.11. The molecule has 5 nitrogen and oxygen atoms in total. The van der Waals surface area contributed by atoms with E-state index in [2.05, 4.69) is 10.6 Å². The van der Waals surface area contributed by atoms with E-state index < -0.39 is 11.8 Å². The molecule has 0 atom stereocenters. The predicted octanol–water partition coefficient (Wildman–Crippen LogP) is 2.83. The minimum absolute atomic E-state index is 0.265. The number of hydrogen-bond donors (Lipinski definition) is 2. The summed E-state index contributed by atoms with van der Waals surface area (Å²) in [7, 11) is 1.51. The lowest BCUT2D eigenvalue weighted by atomic mass is 10.1. The van der Waals surface area contributed by atoms with Crippen LogP contribution < -0.4 is 15.4 Å². The minimum atomic E-state index is -0.438. The molecule has 0 heterocycles. The highest BCUT2D eigenvalue weighted by Gasteiger charge is 2.12. The summed E-state index contributed by atoms with van der Waals surface area (Å²) < 4.78 is 18.7. The molecule has 2 aromatic carbocycles. The summed E-state index contributed by atoms with van der Waals surface area (Å²) in [5.41, 5.74) is 2.01. The van der Waals surface area contributed by atoms with Gasteiger partial charge in [0.1, 0.15) is 18.0 Å². The zero-order valence-electron chi connectivity index (χ0n) is 14.3. The van der Waals surface area contributed by atoms with Gasteiger partial charge in [-0.1, -0.05) is 24.3 Å². The highest BCUT2D eigenvalue weighted by molar-refractivity contribution is 6.04. The van der Waals surface area contributed by atoms with E-state index in [0.29, 0.717) is 23.4 Å². The molecule has 0 unspecified atom stereocenters. The van der Waals surface area contributed by atoms with Crippen molar-refractivity contribution in [2.24, 2.45) is 0 Å². The van der Waals surface area contributed by atoms with Crippen LogP contribution in [0.3, 0.4) is 0 Å². The average molecular weight is 344 g/mol. The van der Waals surface area contributed by atoms with Gasteiger partial charge >= 0.3 is 0 Å². The third-order valence-corrected chi connectivity index (χ3v) is 3.62. The van der Waals surface area contributed by atoms with Crippen LogP contribution in [-0.4, -0.2) is 25.5 Å². The van der Waals surface area contributed by atoms with E-state index in [1.165, 1.54) is 13.2 Å². The summed E-state index contributed by atoms with van der Waals surface area (Å²) in [6, 6.07) is 11.8. The SMILES string of the molecule is COc1ccc(C)cc1NC(=O)CC(=O)NCCc1ccccc1F. The molecule has 0 bridgehead atoms. The fourth-order valence-corrected chi connectivity index (χ4v) is 2.36. The number of aryl methyl sites for hydroxylation is 1. The van der Waals surface area contributed by atoms with E-state index in [9.17, 15) is 14.0 Å². The molecule has 6 heteroatoms. The Bertz CT molecular complexity index is 762. The second-order valence-corrected chi connectivity index (χ2v) is 5.62. The van der Waals surface area contributed by atoms with Crippen molar-refractivity contribution < 1.29 is 18.7 Å². The van der Waals surface area contributed by atoms with Crippen molar-refractivity contribution >= 4 is 17.5 Å². The highest BCUT2D eigenvalue weighted by atomic mass is 19.1. The number of anilines is 1. The molecular weight excluding hydrogens is 323 g/mol. The number of methoxy groups -OCH3 is 1. The Morgan fingerprint density at radius 2 is 1.88 bits per heavy atom. The Hall–Kier alpha value is -2.89. The van der Waals surface area contributed by atoms with Crippen LogP contribution in [0.25, 0.3) is 0 Å². The van der Waals surface area contributed by atoms with E-state index in [1.807, 2.05) is 13.0 Å². The maximum absolute atomic E-state index is 13.5. The molecule has 132 valence electrons. The third kappa shape index (κ3) is 5.60. The van der Waals surface area contributed by atoms with Crippen molar-refractivity contribution in [3.8, 4) is 5.75 Å². The zero-order valence-corrected chi connectivity index (χ0v) is 14.3. The normalized spacial score (nSPS) is 10.2. The monoisotopic (exact) mass is 344 g/mol. The van der Waals surface area contributed by atoms with Gasteiger partial charge in [0.15, 0.2) is 0 Å². The fraction of sp³-hybridized carbons (Fsp3) is 0.263. The van der Waals surface area contributed by atoms with Crippen molar-refractivity contribution in [2.45, 2.75) is 19.8 Å². The summed E-state index contributed by atoms with van der Waals surface area (Å²) in [4.78, 5) is 23.8. The standard InChI is InChI=1S/C19H21FN2O3/c1-13-7-8-17(25-2)16(11-13)22-19(24)12-18(23)21-10-9-14-5-3-4-6-15(14)20/h3-8,11H,9-10,12H2,1-2H3,(H,21,23)(H,22,24). The van der Waals surface area contributed by atoms with Crippen LogP contribution >= 0.6 is 0 Å². The zero-order chi connectivity index (χ0) is 18.2. The van der Waals surface area contributed by atoms with Crippen LogP contribution in [0.2, 0.25) is 0 Å². The summed E-state index contributed by atoms with van der Waals surface area (Å²) in [5.74, 6) is -0.632. The van der Waals surface area contributed by atoms with Gasteiger partial charge in [-0.3, -0.25) is 9.59 Å². The van der Waals surface area contributed by atoms with Crippen molar-refractivity contribution in [3.05, 3.63) is 59.4 Å². The predicted molar refractivity (Wildman–Crippen MR) is 94.1 cm³/mol. The van der Waals surface area contributed by atoms with Gasteiger partial charge in [-0.05, 0) is 42.7 Å².